The first kappa shape index (κ1) is 12.9. The van der Waals surface area contributed by atoms with Crippen LogP contribution in [-0.2, 0) is 0 Å². The Labute approximate surface area is 112 Å². The van der Waals surface area contributed by atoms with Crippen molar-refractivity contribution in [1.82, 2.24) is 0 Å². The van der Waals surface area contributed by atoms with Gasteiger partial charge in [-0.1, -0.05) is 22.0 Å². The molecule has 2 rings (SSSR count). The molecular formula is C14H20BrNO. The maximum Gasteiger partial charge on any atom is 0.0782 e. The lowest BCUT2D eigenvalue weighted by Gasteiger charge is -2.27. The molecule has 1 unspecified atom stereocenters. The van der Waals surface area contributed by atoms with Crippen molar-refractivity contribution in [3.05, 3.63) is 28.2 Å². The van der Waals surface area contributed by atoms with E-state index in [-0.39, 0.29) is 0 Å². The molecule has 1 aromatic rings. The average molecular weight is 298 g/mol. The number of halogens is 1. The first-order valence-electron chi connectivity index (χ1n) is 6.34. The van der Waals surface area contributed by atoms with Crippen LogP contribution < -0.4 is 4.90 Å². The molecule has 1 N–H and O–H groups in total. The number of anilines is 1. The standard InChI is InChI=1S/C14H20BrNO/c1-3-16(9-11-4-5-11)14-8-12(15)6-7-13(14)10(2)17/h6-8,10-11,17H,3-5,9H2,1-2H3. The maximum absolute atomic E-state index is 9.85. The van der Waals surface area contributed by atoms with Crippen molar-refractivity contribution >= 4 is 21.6 Å². The third-order valence-corrected chi connectivity index (χ3v) is 3.83. The minimum Gasteiger partial charge on any atom is -0.389 e. The van der Waals surface area contributed by atoms with Crippen molar-refractivity contribution in [2.24, 2.45) is 5.92 Å². The highest BCUT2D eigenvalue weighted by Gasteiger charge is 2.25. The number of hydrogen-bond acceptors (Lipinski definition) is 2. The summed E-state index contributed by atoms with van der Waals surface area (Å²) in [5.41, 5.74) is 2.19. The highest BCUT2D eigenvalue weighted by molar-refractivity contribution is 9.10. The lowest BCUT2D eigenvalue weighted by atomic mass is 10.1. The van der Waals surface area contributed by atoms with Crippen molar-refractivity contribution in [3.8, 4) is 0 Å². The predicted octanol–water partition coefficient (Wildman–Crippen LogP) is 3.74. The minimum atomic E-state index is -0.411. The highest BCUT2D eigenvalue weighted by Crippen LogP contribution is 2.35. The zero-order valence-corrected chi connectivity index (χ0v) is 12.1. The molecule has 1 aliphatic rings. The Bertz CT molecular complexity index is 388. The van der Waals surface area contributed by atoms with Gasteiger partial charge in [0.05, 0.1) is 6.10 Å². The van der Waals surface area contributed by atoms with Crippen LogP contribution in [0.4, 0.5) is 5.69 Å². The second-order valence-corrected chi connectivity index (χ2v) is 5.78. The zero-order valence-electron chi connectivity index (χ0n) is 10.5. The molecule has 0 aliphatic heterocycles. The number of hydrogen-bond donors (Lipinski definition) is 1. The molecule has 2 nitrogen and oxygen atoms in total. The van der Waals surface area contributed by atoms with E-state index in [2.05, 4.69) is 33.8 Å². The zero-order chi connectivity index (χ0) is 12.4. The lowest BCUT2D eigenvalue weighted by Crippen LogP contribution is -2.26. The largest absolute Gasteiger partial charge is 0.389 e. The summed E-state index contributed by atoms with van der Waals surface area (Å²) >= 11 is 3.52. The first-order valence-corrected chi connectivity index (χ1v) is 7.13. The molecule has 1 aliphatic carbocycles. The van der Waals surface area contributed by atoms with Gasteiger partial charge in [-0.2, -0.15) is 0 Å². The molecule has 0 heterocycles. The fourth-order valence-corrected chi connectivity index (χ4v) is 2.50. The van der Waals surface area contributed by atoms with Gasteiger partial charge in [0.25, 0.3) is 0 Å². The lowest BCUT2D eigenvalue weighted by molar-refractivity contribution is 0.199. The fraction of sp³-hybridized carbons (Fsp3) is 0.571. The van der Waals surface area contributed by atoms with E-state index in [1.165, 1.54) is 18.5 Å². The van der Waals surface area contributed by atoms with Crippen LogP contribution in [-0.4, -0.2) is 18.2 Å². The Morgan fingerprint density at radius 3 is 2.71 bits per heavy atom. The van der Waals surface area contributed by atoms with Crippen LogP contribution in [0.3, 0.4) is 0 Å². The van der Waals surface area contributed by atoms with Crippen molar-refractivity contribution in [3.63, 3.8) is 0 Å². The summed E-state index contributed by atoms with van der Waals surface area (Å²) in [5, 5.41) is 9.85. The first-order chi connectivity index (χ1) is 8.11. The van der Waals surface area contributed by atoms with Crippen LogP contribution in [0.15, 0.2) is 22.7 Å². The predicted molar refractivity (Wildman–Crippen MR) is 75.4 cm³/mol. The number of aliphatic hydroxyl groups is 1. The van der Waals surface area contributed by atoms with E-state index in [0.717, 1.165) is 29.0 Å². The summed E-state index contributed by atoms with van der Waals surface area (Å²) in [6, 6.07) is 6.13. The number of nitrogens with zero attached hydrogens (tertiary/aromatic N) is 1. The summed E-state index contributed by atoms with van der Waals surface area (Å²) < 4.78 is 1.08. The Hall–Kier alpha value is -0.540. The van der Waals surface area contributed by atoms with Crippen molar-refractivity contribution in [1.29, 1.82) is 0 Å². The van der Waals surface area contributed by atoms with E-state index in [1.54, 1.807) is 0 Å². The molecule has 1 saturated carbocycles. The van der Waals surface area contributed by atoms with Gasteiger partial charge in [-0.3, -0.25) is 0 Å². The smallest absolute Gasteiger partial charge is 0.0782 e. The Kier molecular flexibility index (Phi) is 4.10. The van der Waals surface area contributed by atoms with Crippen LogP contribution >= 0.6 is 15.9 Å². The third-order valence-electron chi connectivity index (χ3n) is 3.34. The Morgan fingerprint density at radius 2 is 2.18 bits per heavy atom. The number of aliphatic hydroxyl groups excluding tert-OH is 1. The Balaban J connectivity index is 2.28. The van der Waals surface area contributed by atoms with Gasteiger partial charge in [0.1, 0.15) is 0 Å². The molecule has 0 aromatic heterocycles. The molecule has 0 spiro atoms. The van der Waals surface area contributed by atoms with E-state index < -0.39 is 6.10 Å². The van der Waals surface area contributed by atoms with Gasteiger partial charge in [-0.15, -0.1) is 0 Å². The molecule has 0 bridgehead atoms. The van der Waals surface area contributed by atoms with Crippen LogP contribution in [0.1, 0.15) is 38.4 Å². The van der Waals surface area contributed by atoms with Gasteiger partial charge in [0, 0.05) is 28.8 Å². The molecule has 94 valence electrons. The molecule has 0 saturated heterocycles. The van der Waals surface area contributed by atoms with E-state index in [9.17, 15) is 5.11 Å². The number of rotatable bonds is 5. The van der Waals surface area contributed by atoms with Crippen LogP contribution in [0, 0.1) is 5.92 Å². The van der Waals surface area contributed by atoms with Crippen LogP contribution in [0.5, 0.6) is 0 Å². The van der Waals surface area contributed by atoms with Gasteiger partial charge in [-0.25, -0.2) is 0 Å². The van der Waals surface area contributed by atoms with Crippen molar-refractivity contribution in [2.75, 3.05) is 18.0 Å². The van der Waals surface area contributed by atoms with Crippen LogP contribution in [0.25, 0.3) is 0 Å². The minimum absolute atomic E-state index is 0.411. The molecule has 1 aromatic carbocycles. The Morgan fingerprint density at radius 1 is 1.47 bits per heavy atom. The quantitative estimate of drug-likeness (QED) is 0.895. The molecule has 3 heteroatoms. The SMILES string of the molecule is CCN(CC1CC1)c1cc(Br)ccc1C(C)O. The van der Waals surface area contributed by atoms with Gasteiger partial charge in [-0.05, 0) is 44.7 Å². The van der Waals surface area contributed by atoms with Crippen LogP contribution in [0.2, 0.25) is 0 Å². The van der Waals surface area contributed by atoms with E-state index in [4.69, 9.17) is 0 Å². The topological polar surface area (TPSA) is 23.5 Å². The van der Waals surface area contributed by atoms with E-state index in [1.807, 2.05) is 19.1 Å². The number of benzene rings is 1. The fourth-order valence-electron chi connectivity index (χ4n) is 2.15. The van der Waals surface area contributed by atoms with E-state index >= 15 is 0 Å². The summed E-state index contributed by atoms with van der Waals surface area (Å²) in [6.07, 6.45) is 2.30. The highest BCUT2D eigenvalue weighted by atomic mass is 79.9. The summed E-state index contributed by atoms with van der Waals surface area (Å²) in [5.74, 6) is 0.857. The van der Waals surface area contributed by atoms with Gasteiger partial charge in [0.2, 0.25) is 0 Å². The molecule has 0 radical (unpaired) electrons. The van der Waals surface area contributed by atoms with Crippen molar-refractivity contribution in [2.45, 2.75) is 32.8 Å². The van der Waals surface area contributed by atoms with Crippen molar-refractivity contribution < 1.29 is 5.11 Å². The monoisotopic (exact) mass is 297 g/mol. The summed E-state index contributed by atoms with van der Waals surface area (Å²) in [6.45, 7) is 6.12. The normalized spacial score (nSPS) is 16.9. The summed E-state index contributed by atoms with van der Waals surface area (Å²) in [7, 11) is 0. The van der Waals surface area contributed by atoms with Gasteiger partial charge in [0.15, 0.2) is 0 Å². The maximum atomic E-state index is 9.85. The van der Waals surface area contributed by atoms with Gasteiger partial charge >= 0.3 is 0 Å². The van der Waals surface area contributed by atoms with Gasteiger partial charge < -0.3 is 10.0 Å². The van der Waals surface area contributed by atoms with E-state index in [0.29, 0.717) is 0 Å². The second-order valence-electron chi connectivity index (χ2n) is 4.86. The molecule has 17 heavy (non-hydrogen) atoms. The molecule has 1 fully saturated rings. The second kappa shape index (κ2) is 5.40. The molecule has 0 amide bonds. The average Bonchev–Trinajstić information content (AvgIpc) is 3.09. The molecule has 1 atom stereocenters. The summed E-state index contributed by atoms with van der Waals surface area (Å²) in [4.78, 5) is 2.38. The molecular weight excluding hydrogens is 278 g/mol. The third kappa shape index (κ3) is 3.23.